The number of aromatic nitrogens is 1. The highest BCUT2D eigenvalue weighted by Crippen LogP contribution is 2.31. The number of nitrogen functional groups attached to an aromatic ring is 1. The molecule has 8 aromatic carbocycles. The first kappa shape index (κ1) is 39.6. The number of phenols is 1. The molecule has 0 fully saturated rings. The van der Waals surface area contributed by atoms with Crippen LogP contribution in [0.5, 0.6) is 5.75 Å². The van der Waals surface area contributed by atoms with Crippen LogP contribution in [0.4, 0.5) is 5.69 Å². The Kier molecular flexibility index (Phi) is 14.3. The summed E-state index contributed by atoms with van der Waals surface area (Å²) in [5, 5.41) is 14.7. The SMILES string of the molecule is CC.Nc1ccc(-c2ccc3[nH]c4ccccc4c3c2)cc1.Oc1ccccc1C1=CC=CCC1.c1ccc(-c2ccccc2)cc1.c1ccc2ccccc2c1. The zero-order valence-corrected chi connectivity index (χ0v) is 32.7. The van der Waals surface area contributed by atoms with Gasteiger partial charge in [-0.05, 0) is 87.8 Å². The first-order valence-corrected chi connectivity index (χ1v) is 19.7. The lowest BCUT2D eigenvalue weighted by Gasteiger charge is -2.10. The summed E-state index contributed by atoms with van der Waals surface area (Å²) in [7, 11) is 0. The van der Waals surface area contributed by atoms with Gasteiger partial charge in [-0.15, -0.1) is 0 Å². The lowest BCUT2D eigenvalue weighted by atomic mass is 9.97. The molecule has 282 valence electrons. The average Bonchev–Trinajstić information content (AvgIpc) is 3.67. The molecule has 4 N–H and O–H groups in total. The minimum atomic E-state index is 0.379. The van der Waals surface area contributed by atoms with Crippen molar-refractivity contribution in [1.29, 1.82) is 0 Å². The fourth-order valence-corrected chi connectivity index (χ4v) is 6.67. The Hall–Kier alpha value is -7.10. The van der Waals surface area contributed by atoms with Crippen molar-refractivity contribution in [1.82, 2.24) is 4.98 Å². The van der Waals surface area contributed by atoms with E-state index in [0.29, 0.717) is 5.75 Å². The molecule has 1 heterocycles. The van der Waals surface area contributed by atoms with Crippen molar-refractivity contribution in [2.24, 2.45) is 0 Å². The number of phenolic OH excluding ortho intramolecular Hbond substituents is 1. The van der Waals surface area contributed by atoms with Crippen molar-refractivity contribution < 1.29 is 5.11 Å². The summed E-state index contributed by atoms with van der Waals surface area (Å²) in [5.41, 5.74) is 16.0. The average molecular weight is 743 g/mol. The van der Waals surface area contributed by atoms with Crippen LogP contribution in [0.2, 0.25) is 0 Å². The molecule has 0 saturated heterocycles. The quantitative estimate of drug-likeness (QED) is 0.158. The normalized spacial score (nSPS) is 11.4. The van der Waals surface area contributed by atoms with Gasteiger partial charge in [0.25, 0.3) is 0 Å². The van der Waals surface area contributed by atoms with Gasteiger partial charge in [0.2, 0.25) is 0 Å². The Morgan fingerprint density at radius 3 is 1.54 bits per heavy atom. The number of allylic oxidation sites excluding steroid dienone is 4. The highest BCUT2D eigenvalue weighted by atomic mass is 16.3. The number of hydrogen-bond acceptors (Lipinski definition) is 2. The summed E-state index contributed by atoms with van der Waals surface area (Å²) in [6.45, 7) is 4.00. The minimum absolute atomic E-state index is 0.379. The van der Waals surface area contributed by atoms with Gasteiger partial charge in [0.15, 0.2) is 0 Å². The summed E-state index contributed by atoms with van der Waals surface area (Å²) in [6.07, 6.45) is 8.35. The van der Waals surface area contributed by atoms with Crippen molar-refractivity contribution in [2.45, 2.75) is 26.7 Å². The van der Waals surface area contributed by atoms with E-state index in [9.17, 15) is 5.11 Å². The number of aromatic amines is 1. The zero-order chi connectivity index (χ0) is 39.7. The van der Waals surface area contributed by atoms with E-state index in [-0.39, 0.29) is 0 Å². The number of nitrogens with two attached hydrogens (primary N) is 1. The van der Waals surface area contributed by atoms with Gasteiger partial charge in [0, 0.05) is 33.1 Å². The molecule has 1 aromatic heterocycles. The number of hydrogen-bond donors (Lipinski definition) is 3. The molecule has 3 heteroatoms. The minimum Gasteiger partial charge on any atom is -0.507 e. The van der Waals surface area contributed by atoms with Crippen LogP contribution in [0.1, 0.15) is 32.3 Å². The number of anilines is 1. The molecule has 0 bridgehead atoms. The standard InChI is InChI=1S/C18H14N2.C12H12O.C12H10.C10H8.C2H6/c19-14-8-5-12(6-9-14)13-7-10-18-16(11-13)15-3-1-2-4-17(15)20-18;13-12-9-5-4-8-11(12)10-6-2-1-3-7-10;1-3-7-11(8-4-1)12-9-5-2-6-10-12;1-2-6-10-8-4-3-7-9(10)5-1;1-2/h1-11,20H,19H2;1-2,4-6,8-9,13H,3,7H2;1-10H;1-8H;1-2H3. The summed E-state index contributed by atoms with van der Waals surface area (Å²) >= 11 is 0. The molecule has 3 nitrogen and oxygen atoms in total. The van der Waals surface area contributed by atoms with Crippen molar-refractivity contribution in [3.63, 3.8) is 0 Å². The number of aromatic hydroxyl groups is 1. The van der Waals surface area contributed by atoms with Crippen LogP contribution < -0.4 is 5.73 Å². The summed E-state index contributed by atoms with van der Waals surface area (Å²) in [5.74, 6) is 0.379. The maximum atomic E-state index is 9.60. The number of para-hydroxylation sites is 2. The second-order valence-corrected chi connectivity index (χ2v) is 13.3. The van der Waals surface area contributed by atoms with Gasteiger partial charge in [-0.25, -0.2) is 0 Å². The molecule has 0 spiro atoms. The van der Waals surface area contributed by atoms with E-state index in [0.717, 1.165) is 24.1 Å². The lowest BCUT2D eigenvalue weighted by molar-refractivity contribution is 0.473. The molecule has 1 aliphatic carbocycles. The Morgan fingerprint density at radius 2 is 0.965 bits per heavy atom. The van der Waals surface area contributed by atoms with Crippen LogP contribution in [0, 0.1) is 0 Å². The van der Waals surface area contributed by atoms with Gasteiger partial charge >= 0.3 is 0 Å². The predicted octanol–water partition coefficient (Wildman–Crippen LogP) is 14.9. The van der Waals surface area contributed by atoms with Crippen LogP contribution in [-0.2, 0) is 0 Å². The van der Waals surface area contributed by atoms with Crippen molar-refractivity contribution in [3.8, 4) is 28.0 Å². The number of benzene rings is 8. The number of rotatable bonds is 3. The topological polar surface area (TPSA) is 62.0 Å². The number of nitrogens with one attached hydrogen (secondary N) is 1. The summed E-state index contributed by atoms with van der Waals surface area (Å²) < 4.78 is 0. The van der Waals surface area contributed by atoms with Crippen LogP contribution in [0.15, 0.2) is 218 Å². The molecule has 1 aliphatic rings. The lowest BCUT2D eigenvalue weighted by Crippen LogP contribution is -1.87. The molecule has 0 saturated carbocycles. The molecule has 10 rings (SSSR count). The van der Waals surface area contributed by atoms with E-state index < -0.39 is 0 Å². The third-order valence-corrected chi connectivity index (χ3v) is 9.55. The van der Waals surface area contributed by atoms with Crippen LogP contribution >= 0.6 is 0 Å². The number of H-pyrrole nitrogens is 1. The van der Waals surface area contributed by atoms with Crippen molar-refractivity contribution in [3.05, 3.63) is 224 Å². The van der Waals surface area contributed by atoms with Gasteiger partial charge in [-0.1, -0.05) is 196 Å². The Bertz CT molecular complexity index is 2550. The highest BCUT2D eigenvalue weighted by molar-refractivity contribution is 6.08. The molecule has 0 unspecified atom stereocenters. The van der Waals surface area contributed by atoms with E-state index in [4.69, 9.17) is 5.73 Å². The molecule has 57 heavy (non-hydrogen) atoms. The Labute approximate surface area is 337 Å². The van der Waals surface area contributed by atoms with E-state index in [1.54, 1.807) is 6.07 Å². The number of fused-ring (bicyclic) bond motifs is 4. The molecule has 0 atom stereocenters. The smallest absolute Gasteiger partial charge is 0.123 e. The second-order valence-electron chi connectivity index (χ2n) is 13.3. The molecule has 9 aromatic rings. The van der Waals surface area contributed by atoms with Crippen LogP contribution in [0.3, 0.4) is 0 Å². The van der Waals surface area contributed by atoms with E-state index >= 15 is 0 Å². The molecular weight excluding hydrogens is 693 g/mol. The van der Waals surface area contributed by atoms with Gasteiger partial charge in [0.1, 0.15) is 5.75 Å². The second kappa shape index (κ2) is 20.5. The predicted molar refractivity (Wildman–Crippen MR) is 247 cm³/mol. The maximum Gasteiger partial charge on any atom is 0.123 e. The maximum absolute atomic E-state index is 9.60. The Morgan fingerprint density at radius 1 is 0.474 bits per heavy atom. The van der Waals surface area contributed by atoms with Crippen LogP contribution in [0.25, 0.3) is 60.4 Å². The van der Waals surface area contributed by atoms with Gasteiger partial charge in [-0.2, -0.15) is 0 Å². The van der Waals surface area contributed by atoms with Gasteiger partial charge in [-0.3, -0.25) is 0 Å². The molecule has 0 radical (unpaired) electrons. The van der Waals surface area contributed by atoms with E-state index in [1.807, 2.05) is 62.4 Å². The van der Waals surface area contributed by atoms with Gasteiger partial charge in [0.05, 0.1) is 0 Å². The first-order chi connectivity index (χ1) is 28.1. The summed E-state index contributed by atoms with van der Waals surface area (Å²) in [4.78, 5) is 3.45. The Balaban J connectivity index is 0.000000131. The molecular formula is C54H50N2O. The molecule has 0 aliphatic heterocycles. The zero-order valence-electron chi connectivity index (χ0n) is 32.7. The first-order valence-electron chi connectivity index (χ1n) is 19.7. The van der Waals surface area contributed by atoms with Crippen molar-refractivity contribution >= 4 is 43.8 Å². The monoisotopic (exact) mass is 742 g/mol. The fourth-order valence-electron chi connectivity index (χ4n) is 6.67. The molecule has 0 amide bonds. The van der Waals surface area contributed by atoms with Crippen molar-refractivity contribution in [2.75, 3.05) is 5.73 Å². The van der Waals surface area contributed by atoms with E-state index in [2.05, 4.69) is 169 Å². The largest absolute Gasteiger partial charge is 0.507 e. The third kappa shape index (κ3) is 10.8. The van der Waals surface area contributed by atoms with E-state index in [1.165, 1.54) is 60.4 Å². The summed E-state index contributed by atoms with van der Waals surface area (Å²) in [6, 6.07) is 67.9. The highest BCUT2D eigenvalue weighted by Gasteiger charge is 2.07. The fraction of sp³-hybridized carbons (Fsp3) is 0.0741. The van der Waals surface area contributed by atoms with Gasteiger partial charge < -0.3 is 15.8 Å². The third-order valence-electron chi connectivity index (χ3n) is 9.55. The van der Waals surface area contributed by atoms with Crippen LogP contribution in [-0.4, -0.2) is 10.1 Å².